The number of benzene rings is 1. The Morgan fingerprint density at radius 2 is 1.72 bits per heavy atom. The summed E-state index contributed by atoms with van der Waals surface area (Å²) in [6.07, 6.45) is 0. The Labute approximate surface area is 105 Å². The molecule has 0 unspecified atom stereocenters. The fourth-order valence-corrected chi connectivity index (χ4v) is 2.39. The van der Waals surface area contributed by atoms with Gasteiger partial charge < -0.3 is 15.8 Å². The number of aryl methyl sites for hydroxylation is 3. The molecule has 0 fully saturated rings. The van der Waals surface area contributed by atoms with Gasteiger partial charge in [-0.15, -0.1) is 0 Å². The van der Waals surface area contributed by atoms with Gasteiger partial charge in [-0.1, -0.05) is 17.7 Å². The predicted octanol–water partition coefficient (Wildman–Crippen LogP) is 2.89. The lowest BCUT2D eigenvalue weighted by Crippen LogP contribution is -1.98. The molecule has 1 aromatic heterocycles. The summed E-state index contributed by atoms with van der Waals surface area (Å²) in [5, 5.41) is 9.01. The summed E-state index contributed by atoms with van der Waals surface area (Å²) >= 11 is 0. The van der Waals surface area contributed by atoms with Crippen molar-refractivity contribution in [3.05, 3.63) is 40.5 Å². The topological polar surface area (TPSA) is 79.1 Å². The zero-order valence-electron chi connectivity index (χ0n) is 10.7. The minimum absolute atomic E-state index is 0.115. The first-order valence-corrected chi connectivity index (χ1v) is 5.70. The van der Waals surface area contributed by atoms with Gasteiger partial charge in [0.2, 0.25) is 0 Å². The first-order valence-electron chi connectivity index (χ1n) is 5.70. The van der Waals surface area contributed by atoms with Crippen molar-refractivity contribution in [2.45, 2.75) is 20.8 Å². The first kappa shape index (κ1) is 12.2. The number of rotatable bonds is 2. The molecular formula is C14H16N2O2. The molecule has 1 heterocycles. The molecule has 0 bridgehead atoms. The Balaban J connectivity index is 2.63. The van der Waals surface area contributed by atoms with Crippen molar-refractivity contribution in [3.8, 4) is 11.3 Å². The maximum atomic E-state index is 11.0. The van der Waals surface area contributed by atoms with Crippen molar-refractivity contribution < 1.29 is 9.90 Å². The molecule has 0 radical (unpaired) electrons. The van der Waals surface area contributed by atoms with Crippen molar-refractivity contribution in [2.24, 2.45) is 0 Å². The Morgan fingerprint density at radius 3 is 2.17 bits per heavy atom. The van der Waals surface area contributed by atoms with E-state index in [2.05, 4.69) is 17.1 Å². The van der Waals surface area contributed by atoms with Crippen molar-refractivity contribution in [1.29, 1.82) is 0 Å². The van der Waals surface area contributed by atoms with Gasteiger partial charge >= 0.3 is 5.97 Å². The molecule has 0 aliphatic heterocycles. The summed E-state index contributed by atoms with van der Waals surface area (Å²) in [6, 6.07) is 5.72. The average Bonchev–Trinajstić information content (AvgIpc) is 2.58. The number of carbonyl (C=O) groups is 1. The molecular weight excluding hydrogens is 228 g/mol. The second kappa shape index (κ2) is 4.22. The molecule has 0 aliphatic rings. The molecule has 0 saturated carbocycles. The SMILES string of the molecule is Cc1cc(C)c(-c2cc(C(=O)O)c(N)[nH]2)c(C)c1. The normalized spacial score (nSPS) is 10.6. The second-order valence-electron chi connectivity index (χ2n) is 4.59. The molecule has 1 aromatic carbocycles. The Kier molecular flexibility index (Phi) is 2.87. The zero-order chi connectivity index (χ0) is 13.4. The van der Waals surface area contributed by atoms with Crippen LogP contribution in [0.2, 0.25) is 0 Å². The van der Waals surface area contributed by atoms with Crippen molar-refractivity contribution in [3.63, 3.8) is 0 Å². The number of hydrogen-bond donors (Lipinski definition) is 3. The number of aromatic nitrogens is 1. The first-order chi connectivity index (χ1) is 8.40. The molecule has 18 heavy (non-hydrogen) atoms. The third-order valence-electron chi connectivity index (χ3n) is 3.02. The Bertz CT molecular complexity index is 604. The largest absolute Gasteiger partial charge is 0.478 e. The minimum Gasteiger partial charge on any atom is -0.478 e. The Hall–Kier alpha value is -2.23. The lowest BCUT2D eigenvalue weighted by molar-refractivity contribution is 0.0698. The highest BCUT2D eigenvalue weighted by Crippen LogP contribution is 2.30. The number of carboxylic acid groups (broad SMARTS) is 1. The summed E-state index contributed by atoms with van der Waals surface area (Å²) in [4.78, 5) is 13.9. The Morgan fingerprint density at radius 1 is 1.17 bits per heavy atom. The fraction of sp³-hybridized carbons (Fsp3) is 0.214. The van der Waals surface area contributed by atoms with Gasteiger partial charge in [-0.25, -0.2) is 4.79 Å². The number of aromatic amines is 1. The molecule has 94 valence electrons. The molecule has 4 N–H and O–H groups in total. The van der Waals surface area contributed by atoms with E-state index in [1.807, 2.05) is 20.8 Å². The van der Waals surface area contributed by atoms with Crippen LogP contribution in [0.15, 0.2) is 18.2 Å². The summed E-state index contributed by atoms with van der Waals surface area (Å²) < 4.78 is 0. The van der Waals surface area contributed by atoms with Crippen LogP contribution in [0.3, 0.4) is 0 Å². The van der Waals surface area contributed by atoms with Crippen LogP contribution in [-0.2, 0) is 0 Å². The van der Waals surface area contributed by atoms with E-state index in [0.29, 0.717) is 0 Å². The van der Waals surface area contributed by atoms with Crippen LogP contribution in [0.4, 0.5) is 5.82 Å². The molecule has 4 nitrogen and oxygen atoms in total. The average molecular weight is 244 g/mol. The quantitative estimate of drug-likeness (QED) is 0.760. The summed E-state index contributed by atoms with van der Waals surface area (Å²) in [5.41, 5.74) is 10.9. The van der Waals surface area contributed by atoms with E-state index in [1.165, 1.54) is 5.56 Å². The molecule has 2 aromatic rings. The van der Waals surface area contributed by atoms with E-state index in [-0.39, 0.29) is 11.4 Å². The lowest BCUT2D eigenvalue weighted by Gasteiger charge is -2.09. The molecule has 0 spiro atoms. The van der Waals surface area contributed by atoms with Crippen LogP contribution in [0.1, 0.15) is 27.0 Å². The smallest absolute Gasteiger partial charge is 0.339 e. The highest BCUT2D eigenvalue weighted by molar-refractivity contribution is 5.95. The van der Waals surface area contributed by atoms with Gasteiger partial charge in [0, 0.05) is 11.3 Å². The lowest BCUT2D eigenvalue weighted by atomic mass is 9.97. The third kappa shape index (κ3) is 1.97. The van der Waals surface area contributed by atoms with Gasteiger partial charge in [0.1, 0.15) is 11.4 Å². The van der Waals surface area contributed by atoms with Gasteiger partial charge in [-0.2, -0.15) is 0 Å². The van der Waals surface area contributed by atoms with E-state index in [4.69, 9.17) is 10.8 Å². The molecule has 0 saturated heterocycles. The predicted molar refractivity (Wildman–Crippen MR) is 71.8 cm³/mol. The minimum atomic E-state index is -1.02. The van der Waals surface area contributed by atoms with Crippen LogP contribution < -0.4 is 5.73 Å². The van der Waals surface area contributed by atoms with Crippen LogP contribution >= 0.6 is 0 Å². The van der Waals surface area contributed by atoms with E-state index in [1.54, 1.807) is 6.07 Å². The van der Waals surface area contributed by atoms with Crippen molar-refractivity contribution in [1.82, 2.24) is 4.98 Å². The number of aromatic carboxylic acids is 1. The number of carboxylic acids is 1. The van der Waals surface area contributed by atoms with Gasteiger partial charge in [-0.05, 0) is 38.0 Å². The number of nitrogens with one attached hydrogen (secondary N) is 1. The van der Waals surface area contributed by atoms with Crippen LogP contribution in [0, 0.1) is 20.8 Å². The summed E-state index contributed by atoms with van der Waals surface area (Å²) in [7, 11) is 0. The number of nitrogen functional groups attached to an aromatic ring is 1. The third-order valence-corrected chi connectivity index (χ3v) is 3.02. The summed E-state index contributed by atoms with van der Waals surface area (Å²) in [5.74, 6) is -0.825. The molecule has 2 rings (SSSR count). The highest BCUT2D eigenvalue weighted by Gasteiger charge is 2.15. The molecule has 0 atom stereocenters. The van der Waals surface area contributed by atoms with E-state index in [9.17, 15) is 4.79 Å². The maximum Gasteiger partial charge on any atom is 0.339 e. The van der Waals surface area contributed by atoms with Crippen LogP contribution in [0.5, 0.6) is 0 Å². The van der Waals surface area contributed by atoms with E-state index >= 15 is 0 Å². The molecule has 0 amide bonds. The molecule has 4 heteroatoms. The zero-order valence-corrected chi connectivity index (χ0v) is 10.7. The van der Waals surface area contributed by atoms with Crippen LogP contribution in [-0.4, -0.2) is 16.1 Å². The summed E-state index contributed by atoms with van der Waals surface area (Å²) in [6.45, 7) is 6.05. The number of anilines is 1. The number of H-pyrrole nitrogens is 1. The number of nitrogens with two attached hydrogens (primary N) is 1. The van der Waals surface area contributed by atoms with Gasteiger partial charge in [0.15, 0.2) is 0 Å². The fourth-order valence-electron chi connectivity index (χ4n) is 2.39. The van der Waals surface area contributed by atoms with Crippen molar-refractivity contribution in [2.75, 3.05) is 5.73 Å². The molecule has 0 aliphatic carbocycles. The van der Waals surface area contributed by atoms with E-state index in [0.717, 1.165) is 22.4 Å². The highest BCUT2D eigenvalue weighted by atomic mass is 16.4. The van der Waals surface area contributed by atoms with Gasteiger partial charge in [0.05, 0.1) is 0 Å². The monoisotopic (exact) mass is 244 g/mol. The standard InChI is InChI=1S/C14H16N2O2/c1-7-4-8(2)12(9(3)5-7)11-6-10(14(17)18)13(15)16-11/h4-6,16H,15H2,1-3H3,(H,17,18). The van der Waals surface area contributed by atoms with E-state index < -0.39 is 5.97 Å². The second-order valence-corrected chi connectivity index (χ2v) is 4.59. The van der Waals surface area contributed by atoms with Gasteiger partial charge in [-0.3, -0.25) is 0 Å². The maximum absolute atomic E-state index is 11.0. The van der Waals surface area contributed by atoms with Crippen molar-refractivity contribution >= 4 is 11.8 Å². The van der Waals surface area contributed by atoms with Gasteiger partial charge in [0.25, 0.3) is 0 Å². The van der Waals surface area contributed by atoms with Crippen LogP contribution in [0.25, 0.3) is 11.3 Å². The number of hydrogen-bond acceptors (Lipinski definition) is 2.